The predicted octanol–water partition coefficient (Wildman–Crippen LogP) is -0.932. The molecule has 21 heavy (non-hydrogen) atoms. The van der Waals surface area contributed by atoms with Gasteiger partial charge in [0.15, 0.2) is 0 Å². The lowest BCUT2D eigenvalue weighted by Crippen LogP contribution is -2.35. The summed E-state index contributed by atoms with van der Waals surface area (Å²) in [7, 11) is 0. The minimum atomic E-state index is -0.748. The van der Waals surface area contributed by atoms with Gasteiger partial charge in [-0.2, -0.15) is 16.9 Å². The lowest BCUT2D eigenvalue weighted by Gasteiger charge is -2.20. The lowest BCUT2D eigenvalue weighted by molar-refractivity contribution is 0.0549. The fourth-order valence-electron chi connectivity index (χ4n) is 2.07. The molecular weight excluding hydrogens is 294 g/mol. The molecule has 0 amide bonds. The van der Waals surface area contributed by atoms with Crippen LogP contribution in [0.3, 0.4) is 0 Å². The number of hydrogen-bond acceptors (Lipinski definition) is 7. The summed E-state index contributed by atoms with van der Waals surface area (Å²) in [5.41, 5.74) is 1.29. The van der Waals surface area contributed by atoms with Crippen molar-refractivity contribution in [3.8, 4) is 0 Å². The van der Waals surface area contributed by atoms with Crippen molar-refractivity contribution in [1.82, 2.24) is 25.5 Å². The highest BCUT2D eigenvalue weighted by atomic mass is 32.2. The van der Waals surface area contributed by atoms with Crippen LogP contribution in [0.4, 0.5) is 0 Å². The van der Waals surface area contributed by atoms with Gasteiger partial charge in [-0.25, -0.2) is 4.98 Å². The van der Waals surface area contributed by atoms with Crippen molar-refractivity contribution in [2.45, 2.75) is 12.6 Å². The molecule has 0 aliphatic heterocycles. The number of aliphatic hydroxyl groups excluding tert-OH is 2. The third kappa shape index (κ3) is 3.82. The summed E-state index contributed by atoms with van der Waals surface area (Å²) in [5, 5.41) is 28.7. The molecule has 116 valence electrons. The van der Waals surface area contributed by atoms with Crippen molar-refractivity contribution in [3.63, 3.8) is 0 Å². The van der Waals surface area contributed by atoms with Crippen molar-refractivity contribution in [2.24, 2.45) is 5.92 Å². The summed E-state index contributed by atoms with van der Waals surface area (Å²) in [6, 6.07) is 0. The fraction of sp³-hybridized carbons (Fsp3) is 0.583. The number of fused-ring (bicyclic) bond motifs is 1. The summed E-state index contributed by atoms with van der Waals surface area (Å²) in [4.78, 5) is 18.1. The summed E-state index contributed by atoms with van der Waals surface area (Å²) >= 11 is 1.62. The molecule has 0 spiro atoms. The average Bonchev–Trinajstić information content (AvgIpc) is 2.90. The second-order valence-electron chi connectivity index (χ2n) is 4.72. The summed E-state index contributed by atoms with van der Waals surface area (Å²) < 4.78 is 0. The highest BCUT2D eigenvalue weighted by molar-refractivity contribution is 7.98. The van der Waals surface area contributed by atoms with Gasteiger partial charge < -0.3 is 20.5 Å². The van der Waals surface area contributed by atoms with E-state index >= 15 is 0 Å². The Balaban J connectivity index is 1.98. The van der Waals surface area contributed by atoms with Gasteiger partial charge in [0.2, 0.25) is 0 Å². The van der Waals surface area contributed by atoms with Gasteiger partial charge in [-0.05, 0) is 12.0 Å². The summed E-state index contributed by atoms with van der Waals surface area (Å²) in [6.45, 7) is 0.717. The van der Waals surface area contributed by atoms with Gasteiger partial charge in [0.25, 0.3) is 5.56 Å². The Morgan fingerprint density at radius 1 is 1.52 bits per heavy atom. The van der Waals surface area contributed by atoms with E-state index in [0.717, 1.165) is 5.75 Å². The molecule has 0 aliphatic rings. The van der Waals surface area contributed by atoms with E-state index in [4.69, 9.17) is 5.11 Å². The maximum absolute atomic E-state index is 11.5. The van der Waals surface area contributed by atoms with Crippen molar-refractivity contribution < 1.29 is 10.2 Å². The minimum Gasteiger partial charge on any atom is -0.394 e. The SMILES string of the molecule is CSCC(CNCc1n[nH]c2c(=O)[nH]cnc12)C(O)CO. The molecule has 0 aliphatic carbocycles. The van der Waals surface area contributed by atoms with Crippen LogP contribution in [0, 0.1) is 5.92 Å². The normalized spacial score (nSPS) is 14.4. The number of H-pyrrole nitrogens is 2. The third-order valence-corrected chi connectivity index (χ3v) is 4.00. The van der Waals surface area contributed by atoms with Crippen LogP contribution < -0.4 is 10.9 Å². The van der Waals surface area contributed by atoms with Gasteiger partial charge in [-0.3, -0.25) is 9.89 Å². The zero-order valence-electron chi connectivity index (χ0n) is 11.7. The first-order valence-corrected chi connectivity index (χ1v) is 7.96. The smallest absolute Gasteiger partial charge is 0.276 e. The molecule has 2 aromatic rings. The minimum absolute atomic E-state index is 0.0495. The van der Waals surface area contributed by atoms with Crippen LogP contribution >= 0.6 is 11.8 Å². The molecule has 2 rings (SSSR count). The van der Waals surface area contributed by atoms with Gasteiger partial charge in [-0.1, -0.05) is 0 Å². The van der Waals surface area contributed by atoms with Crippen molar-refractivity contribution in [3.05, 3.63) is 22.4 Å². The molecule has 2 atom stereocenters. The van der Waals surface area contributed by atoms with Gasteiger partial charge in [0.05, 0.1) is 19.0 Å². The second kappa shape index (κ2) is 7.55. The molecule has 0 bridgehead atoms. The standard InChI is InChI=1S/C12H19N5O3S/c1-21-5-7(9(19)4-18)2-13-3-8-10-11(17-16-8)12(20)15-6-14-10/h6-7,9,13,18-19H,2-5H2,1H3,(H,16,17)(H,14,15,20). The molecular formula is C12H19N5O3S. The molecule has 9 heteroatoms. The fourth-order valence-corrected chi connectivity index (χ4v) is 2.84. The van der Waals surface area contributed by atoms with Gasteiger partial charge in [-0.15, -0.1) is 0 Å². The monoisotopic (exact) mass is 313 g/mol. The van der Waals surface area contributed by atoms with Crippen LogP contribution in [0.5, 0.6) is 0 Å². The Kier molecular flexibility index (Phi) is 5.74. The van der Waals surface area contributed by atoms with E-state index in [1.54, 1.807) is 11.8 Å². The molecule has 0 radical (unpaired) electrons. The highest BCUT2D eigenvalue weighted by Crippen LogP contribution is 2.11. The van der Waals surface area contributed by atoms with Crippen LogP contribution in [-0.2, 0) is 6.54 Å². The third-order valence-electron chi connectivity index (χ3n) is 3.24. The first kappa shape index (κ1) is 16.0. The largest absolute Gasteiger partial charge is 0.394 e. The van der Waals surface area contributed by atoms with Crippen LogP contribution in [0.15, 0.2) is 11.1 Å². The van der Waals surface area contributed by atoms with Crippen molar-refractivity contribution in [1.29, 1.82) is 0 Å². The molecule has 0 fully saturated rings. The Hall–Kier alpha value is -1.42. The quantitative estimate of drug-likeness (QED) is 0.426. The zero-order valence-corrected chi connectivity index (χ0v) is 12.5. The van der Waals surface area contributed by atoms with Gasteiger partial charge >= 0.3 is 0 Å². The molecule has 8 nitrogen and oxygen atoms in total. The van der Waals surface area contributed by atoms with E-state index in [1.165, 1.54) is 6.33 Å². The lowest BCUT2D eigenvalue weighted by atomic mass is 10.1. The maximum Gasteiger partial charge on any atom is 0.276 e. The molecule has 0 saturated heterocycles. The first-order chi connectivity index (χ1) is 10.2. The number of aromatic nitrogens is 4. The highest BCUT2D eigenvalue weighted by Gasteiger charge is 2.18. The van der Waals surface area contributed by atoms with Gasteiger partial charge in [0.1, 0.15) is 16.7 Å². The second-order valence-corrected chi connectivity index (χ2v) is 5.63. The van der Waals surface area contributed by atoms with E-state index in [9.17, 15) is 9.90 Å². The number of nitrogens with one attached hydrogen (secondary N) is 3. The maximum atomic E-state index is 11.5. The van der Waals surface area contributed by atoms with E-state index in [2.05, 4.69) is 25.5 Å². The van der Waals surface area contributed by atoms with E-state index < -0.39 is 6.10 Å². The predicted molar refractivity (Wildman–Crippen MR) is 81.2 cm³/mol. The number of rotatable bonds is 8. The van der Waals surface area contributed by atoms with Crippen LogP contribution in [0.25, 0.3) is 11.0 Å². The molecule has 5 N–H and O–H groups in total. The summed E-state index contributed by atoms with van der Waals surface area (Å²) in [6.07, 6.45) is 2.55. The van der Waals surface area contributed by atoms with E-state index in [1.807, 2.05) is 6.26 Å². The first-order valence-electron chi connectivity index (χ1n) is 6.56. The van der Waals surface area contributed by atoms with Crippen LogP contribution in [0.1, 0.15) is 5.69 Å². The van der Waals surface area contributed by atoms with Crippen LogP contribution in [-0.4, -0.2) is 61.6 Å². The molecule has 2 unspecified atom stereocenters. The number of thioether (sulfide) groups is 1. The van der Waals surface area contributed by atoms with Crippen molar-refractivity contribution in [2.75, 3.05) is 25.2 Å². The zero-order chi connectivity index (χ0) is 15.2. The van der Waals surface area contributed by atoms with E-state index in [0.29, 0.717) is 29.8 Å². The Morgan fingerprint density at radius 3 is 3.05 bits per heavy atom. The Bertz CT molecular complexity index is 629. The molecule has 2 aromatic heterocycles. The Morgan fingerprint density at radius 2 is 2.33 bits per heavy atom. The molecule has 0 aromatic carbocycles. The van der Waals surface area contributed by atoms with Crippen molar-refractivity contribution >= 4 is 22.8 Å². The number of nitrogens with zero attached hydrogens (tertiary/aromatic N) is 2. The van der Waals surface area contributed by atoms with E-state index in [-0.39, 0.29) is 18.1 Å². The average molecular weight is 313 g/mol. The molecule has 2 heterocycles. The summed E-state index contributed by atoms with van der Waals surface area (Å²) in [5.74, 6) is 0.695. The number of aliphatic hydroxyl groups is 2. The molecule has 0 saturated carbocycles. The van der Waals surface area contributed by atoms with Crippen LogP contribution in [0.2, 0.25) is 0 Å². The van der Waals surface area contributed by atoms with Gasteiger partial charge in [0, 0.05) is 19.0 Å². The Labute approximate surface area is 125 Å². The number of aromatic amines is 2. The number of hydrogen-bond donors (Lipinski definition) is 5. The topological polar surface area (TPSA) is 127 Å².